The Kier molecular flexibility index (Phi) is 3.61. The summed E-state index contributed by atoms with van der Waals surface area (Å²) in [4.78, 5) is 10.8. The number of hydrogen-bond acceptors (Lipinski definition) is 7. The maximum atomic E-state index is 12.0. The second-order valence-corrected chi connectivity index (χ2v) is 7.01. The van der Waals surface area contributed by atoms with Crippen molar-refractivity contribution in [3.05, 3.63) is 0 Å². The minimum absolute atomic E-state index is 0.0116. The van der Waals surface area contributed by atoms with Gasteiger partial charge in [0, 0.05) is 32.5 Å². The lowest BCUT2D eigenvalue weighted by atomic mass is 10.1. The van der Waals surface area contributed by atoms with Crippen LogP contribution in [0.1, 0.15) is 6.92 Å². The van der Waals surface area contributed by atoms with Crippen LogP contribution in [0.5, 0.6) is 0 Å². The first-order valence-electron chi connectivity index (χ1n) is 5.15. The molecule has 0 aliphatic carbocycles. The van der Waals surface area contributed by atoms with Gasteiger partial charge in [0.25, 0.3) is 10.0 Å². The lowest BCUT2D eigenvalue weighted by Gasteiger charge is -2.35. The van der Waals surface area contributed by atoms with Crippen LogP contribution in [0.15, 0.2) is 4.34 Å². The predicted molar refractivity (Wildman–Crippen MR) is 63.5 cm³/mol. The molecule has 0 radical (unpaired) electrons. The van der Waals surface area contributed by atoms with E-state index in [2.05, 4.69) is 15.5 Å². The number of nitrogens with zero attached hydrogens (tertiary/aromatic N) is 3. The molecule has 1 aliphatic rings. The maximum Gasteiger partial charge on any atom is 0.272 e. The number of rotatable bonds is 4. The Labute approximate surface area is 108 Å². The molecular weight excluding hydrogens is 280 g/mol. The Morgan fingerprint density at radius 2 is 2.22 bits per heavy atom. The molecule has 0 saturated carbocycles. The number of aromatic nitrogens is 2. The first-order valence-corrected chi connectivity index (χ1v) is 7.41. The third-order valence-electron chi connectivity index (χ3n) is 2.43. The van der Waals surface area contributed by atoms with Crippen LogP contribution in [-0.2, 0) is 14.8 Å². The molecule has 0 bridgehead atoms. The molecule has 18 heavy (non-hydrogen) atoms. The molecule has 100 valence electrons. The monoisotopic (exact) mass is 292 g/mol. The summed E-state index contributed by atoms with van der Waals surface area (Å²) < 4.78 is 25.1. The van der Waals surface area contributed by atoms with Crippen molar-refractivity contribution in [2.24, 2.45) is 5.92 Å². The van der Waals surface area contributed by atoms with Crippen LogP contribution in [0.25, 0.3) is 0 Å². The van der Waals surface area contributed by atoms with E-state index in [4.69, 9.17) is 5.11 Å². The van der Waals surface area contributed by atoms with Gasteiger partial charge < -0.3 is 10.4 Å². The molecule has 1 aliphatic heterocycles. The summed E-state index contributed by atoms with van der Waals surface area (Å²) in [7, 11) is -3.64. The zero-order chi connectivity index (χ0) is 13.3. The van der Waals surface area contributed by atoms with Crippen molar-refractivity contribution in [3.63, 3.8) is 0 Å². The molecule has 10 heteroatoms. The van der Waals surface area contributed by atoms with Gasteiger partial charge in [0.15, 0.2) is 0 Å². The van der Waals surface area contributed by atoms with Crippen LogP contribution >= 0.6 is 11.3 Å². The number of amides is 1. The summed E-state index contributed by atoms with van der Waals surface area (Å²) in [6.45, 7) is 1.85. The fourth-order valence-electron chi connectivity index (χ4n) is 1.46. The molecule has 2 heterocycles. The third-order valence-corrected chi connectivity index (χ3v) is 5.45. The Balaban J connectivity index is 2.11. The van der Waals surface area contributed by atoms with Gasteiger partial charge in [-0.2, -0.15) is 4.31 Å². The minimum atomic E-state index is -3.64. The fourth-order valence-corrected chi connectivity index (χ4v) is 4.14. The number of carbonyl (C=O) groups is 1. The number of hydrogen-bond donors (Lipinski definition) is 2. The van der Waals surface area contributed by atoms with E-state index in [1.165, 1.54) is 11.2 Å². The van der Waals surface area contributed by atoms with E-state index in [-0.39, 0.29) is 41.0 Å². The lowest BCUT2D eigenvalue weighted by Crippen LogP contribution is -2.51. The SMILES string of the molecule is CC(=O)Nc1nnc(S(=O)(=O)N2CC(CO)C2)s1. The topological polar surface area (TPSA) is 112 Å². The molecule has 2 N–H and O–H groups in total. The standard InChI is InChI=1S/C8H12N4O4S2/c1-5(14)9-7-10-11-8(17-7)18(15,16)12-2-6(3-12)4-13/h6,13H,2-4H2,1H3,(H,9,10,14). The Morgan fingerprint density at radius 1 is 1.56 bits per heavy atom. The minimum Gasteiger partial charge on any atom is -0.396 e. The molecule has 1 aromatic heterocycles. The van der Waals surface area contributed by atoms with Gasteiger partial charge in [0.1, 0.15) is 0 Å². The summed E-state index contributed by atoms with van der Waals surface area (Å²) in [5.41, 5.74) is 0. The molecule has 0 spiro atoms. The average molecular weight is 292 g/mol. The van der Waals surface area contributed by atoms with Crippen molar-refractivity contribution in [1.29, 1.82) is 0 Å². The predicted octanol–water partition coefficient (Wildman–Crippen LogP) is -0.891. The van der Waals surface area contributed by atoms with E-state index >= 15 is 0 Å². The van der Waals surface area contributed by atoms with E-state index < -0.39 is 10.0 Å². The zero-order valence-electron chi connectivity index (χ0n) is 9.53. The highest BCUT2D eigenvalue weighted by atomic mass is 32.2. The summed E-state index contributed by atoms with van der Waals surface area (Å²) in [6, 6.07) is 0. The van der Waals surface area contributed by atoms with Crippen LogP contribution in [0, 0.1) is 5.92 Å². The molecule has 1 saturated heterocycles. The summed E-state index contributed by atoms with van der Waals surface area (Å²) in [5.74, 6) is -0.345. The molecule has 0 aromatic carbocycles. The van der Waals surface area contributed by atoms with Gasteiger partial charge in [-0.3, -0.25) is 4.79 Å². The van der Waals surface area contributed by atoms with Crippen molar-refractivity contribution >= 4 is 32.4 Å². The summed E-state index contributed by atoms with van der Waals surface area (Å²) in [6.07, 6.45) is 0. The number of carbonyl (C=O) groups excluding carboxylic acids is 1. The Hall–Kier alpha value is -1.10. The number of aliphatic hydroxyl groups is 1. The molecule has 1 fully saturated rings. The second-order valence-electron chi connectivity index (χ2n) is 3.92. The number of nitrogens with one attached hydrogen (secondary N) is 1. The van der Waals surface area contributed by atoms with Crippen molar-refractivity contribution in [3.8, 4) is 0 Å². The van der Waals surface area contributed by atoms with Crippen molar-refractivity contribution in [1.82, 2.24) is 14.5 Å². The normalized spacial score (nSPS) is 17.4. The molecule has 1 aromatic rings. The highest BCUT2D eigenvalue weighted by molar-refractivity contribution is 7.91. The van der Waals surface area contributed by atoms with Crippen molar-refractivity contribution < 1.29 is 18.3 Å². The van der Waals surface area contributed by atoms with E-state index in [0.717, 1.165) is 11.3 Å². The van der Waals surface area contributed by atoms with E-state index in [9.17, 15) is 13.2 Å². The molecule has 0 unspecified atom stereocenters. The van der Waals surface area contributed by atoms with Gasteiger partial charge in [-0.1, -0.05) is 11.3 Å². The van der Waals surface area contributed by atoms with Crippen LogP contribution in [0.4, 0.5) is 5.13 Å². The summed E-state index contributed by atoms with van der Waals surface area (Å²) in [5, 5.41) is 18.5. The molecule has 2 rings (SSSR count). The van der Waals surface area contributed by atoms with Crippen molar-refractivity contribution in [2.75, 3.05) is 25.0 Å². The van der Waals surface area contributed by atoms with Crippen LogP contribution in [0.2, 0.25) is 0 Å². The van der Waals surface area contributed by atoms with E-state index in [1.54, 1.807) is 0 Å². The number of sulfonamides is 1. The average Bonchev–Trinajstić information content (AvgIpc) is 2.63. The summed E-state index contributed by atoms with van der Waals surface area (Å²) >= 11 is 0.808. The zero-order valence-corrected chi connectivity index (χ0v) is 11.2. The number of anilines is 1. The first-order chi connectivity index (χ1) is 8.43. The van der Waals surface area contributed by atoms with Crippen LogP contribution < -0.4 is 5.32 Å². The smallest absolute Gasteiger partial charge is 0.272 e. The third kappa shape index (κ3) is 2.51. The fraction of sp³-hybridized carbons (Fsp3) is 0.625. The second kappa shape index (κ2) is 4.88. The van der Waals surface area contributed by atoms with Crippen molar-refractivity contribution in [2.45, 2.75) is 11.3 Å². The quantitative estimate of drug-likeness (QED) is 0.696. The highest BCUT2D eigenvalue weighted by Gasteiger charge is 2.38. The van der Waals surface area contributed by atoms with Crippen LogP contribution in [0.3, 0.4) is 0 Å². The largest absolute Gasteiger partial charge is 0.396 e. The van der Waals surface area contributed by atoms with E-state index in [0.29, 0.717) is 0 Å². The molecule has 1 amide bonds. The molecule has 8 nitrogen and oxygen atoms in total. The van der Waals surface area contributed by atoms with Gasteiger partial charge in [0.05, 0.1) is 0 Å². The Morgan fingerprint density at radius 3 is 2.78 bits per heavy atom. The van der Waals surface area contributed by atoms with Gasteiger partial charge in [-0.15, -0.1) is 10.2 Å². The van der Waals surface area contributed by atoms with Gasteiger partial charge in [-0.05, 0) is 0 Å². The van der Waals surface area contributed by atoms with Gasteiger partial charge in [-0.25, -0.2) is 8.42 Å². The maximum absolute atomic E-state index is 12.0. The lowest BCUT2D eigenvalue weighted by molar-refractivity contribution is -0.114. The molecular formula is C8H12N4O4S2. The number of aliphatic hydroxyl groups excluding tert-OH is 1. The highest BCUT2D eigenvalue weighted by Crippen LogP contribution is 2.28. The Bertz CT molecular complexity index is 549. The van der Waals surface area contributed by atoms with Gasteiger partial charge >= 0.3 is 0 Å². The first kappa shape index (κ1) is 13.3. The van der Waals surface area contributed by atoms with E-state index in [1.807, 2.05) is 0 Å². The van der Waals surface area contributed by atoms with Gasteiger partial charge in [0.2, 0.25) is 15.4 Å². The van der Waals surface area contributed by atoms with Crippen LogP contribution in [-0.4, -0.2) is 53.6 Å². The molecule has 0 atom stereocenters.